The van der Waals surface area contributed by atoms with Gasteiger partial charge in [-0.1, -0.05) is 66.2 Å². The molecule has 3 amide bonds. The number of nitrogens with zero attached hydrogens (tertiary/aromatic N) is 1. The molecule has 1 fully saturated rings. The maximum atomic E-state index is 14.0. The Morgan fingerprint density at radius 1 is 0.833 bits per heavy atom. The maximum absolute atomic E-state index is 14.0. The number of aryl methyl sites for hydroxylation is 2. The molecular weight excluding hydrogens is 495 g/mol. The molecule has 1 aliphatic heterocycles. The molecule has 1 saturated heterocycles. The van der Waals surface area contributed by atoms with E-state index in [1.807, 2.05) is 80.6 Å². The second-order valence-electron chi connectivity index (χ2n) is 10.0. The molecule has 3 atom stereocenters. The van der Waals surface area contributed by atoms with E-state index in [9.17, 15) is 14.4 Å². The minimum absolute atomic E-state index is 0.447. The number of rotatable bonds is 3. The van der Waals surface area contributed by atoms with E-state index in [0.29, 0.717) is 5.69 Å². The fourth-order valence-corrected chi connectivity index (χ4v) is 7.48. The lowest BCUT2D eigenvalue weighted by Gasteiger charge is -2.54. The summed E-state index contributed by atoms with van der Waals surface area (Å²) in [5.74, 6) is -3.25. The van der Waals surface area contributed by atoms with Crippen LogP contribution in [0.2, 0.25) is 0 Å². The Bertz CT molecular complexity index is 1360. The smallest absolute Gasteiger partial charge is 0.247 e. The molecule has 7 rings (SSSR count). The number of likely N-dealkylation sites (tertiary alicyclic amines) is 1. The number of benzene rings is 3. The molecule has 4 aliphatic rings. The minimum atomic E-state index is -1.26. The predicted molar refractivity (Wildman–Crippen MR) is 139 cm³/mol. The normalized spacial score (nSPS) is 28.4. The molecule has 0 unspecified atom stereocenters. The average molecular weight is 519 g/mol. The van der Waals surface area contributed by atoms with Crippen LogP contribution in [0, 0.1) is 25.7 Å². The average Bonchev–Trinajstić information content (AvgIpc) is 3.14. The van der Waals surface area contributed by atoms with Crippen molar-refractivity contribution in [3.05, 3.63) is 100 Å². The highest BCUT2D eigenvalue weighted by molar-refractivity contribution is 6.36. The first kappa shape index (κ1) is 23.3. The van der Waals surface area contributed by atoms with Crippen LogP contribution in [0.4, 0.5) is 5.69 Å². The van der Waals surface area contributed by atoms with E-state index in [-0.39, 0.29) is 0 Å². The highest BCUT2D eigenvalue weighted by Crippen LogP contribution is 2.69. The van der Waals surface area contributed by atoms with Gasteiger partial charge in [0.15, 0.2) is 0 Å². The number of hydrogen-bond acceptors (Lipinski definition) is 3. The van der Waals surface area contributed by atoms with Crippen LogP contribution in [0.3, 0.4) is 0 Å². The molecule has 36 heavy (non-hydrogen) atoms. The van der Waals surface area contributed by atoms with Gasteiger partial charge in [0.05, 0.1) is 11.8 Å². The van der Waals surface area contributed by atoms with E-state index in [4.69, 9.17) is 23.2 Å². The Morgan fingerprint density at radius 3 is 1.69 bits per heavy atom. The fraction of sp³-hybridized carbons (Fsp3) is 0.276. The molecule has 5 nitrogen and oxygen atoms in total. The Labute approximate surface area is 219 Å². The van der Waals surface area contributed by atoms with Crippen LogP contribution in [0.25, 0.3) is 0 Å². The molecular formula is C29H24Cl2N2O3. The third-order valence-corrected chi connectivity index (χ3v) is 9.31. The summed E-state index contributed by atoms with van der Waals surface area (Å²) in [5.41, 5.74) is 5.54. The van der Waals surface area contributed by atoms with Gasteiger partial charge in [0.2, 0.25) is 17.7 Å². The van der Waals surface area contributed by atoms with Crippen LogP contribution in [0.1, 0.15) is 40.3 Å². The molecule has 3 aromatic carbocycles. The van der Waals surface area contributed by atoms with E-state index in [2.05, 4.69) is 5.32 Å². The van der Waals surface area contributed by atoms with Crippen LogP contribution in [-0.2, 0) is 24.1 Å². The zero-order valence-electron chi connectivity index (χ0n) is 20.0. The van der Waals surface area contributed by atoms with Gasteiger partial charge in [-0.15, -0.1) is 23.2 Å². The molecule has 0 spiro atoms. The first-order chi connectivity index (χ1) is 17.1. The molecule has 3 aliphatic carbocycles. The summed E-state index contributed by atoms with van der Waals surface area (Å²) in [6, 6.07) is 19.6. The second-order valence-corrected chi connectivity index (χ2v) is 11.2. The van der Waals surface area contributed by atoms with Crippen molar-refractivity contribution in [1.82, 2.24) is 4.90 Å². The first-order valence-corrected chi connectivity index (χ1v) is 12.7. The van der Waals surface area contributed by atoms with Crippen LogP contribution >= 0.6 is 23.2 Å². The minimum Gasteiger partial charge on any atom is -0.324 e. The van der Waals surface area contributed by atoms with Crippen molar-refractivity contribution in [2.45, 2.75) is 36.6 Å². The van der Waals surface area contributed by atoms with Gasteiger partial charge < -0.3 is 5.32 Å². The molecule has 1 N–H and O–H groups in total. The van der Waals surface area contributed by atoms with E-state index >= 15 is 0 Å². The summed E-state index contributed by atoms with van der Waals surface area (Å²) in [6.07, 6.45) is 0. The number of imide groups is 1. The van der Waals surface area contributed by atoms with Gasteiger partial charge in [-0.2, -0.15) is 0 Å². The monoisotopic (exact) mass is 518 g/mol. The van der Waals surface area contributed by atoms with Gasteiger partial charge in [0.1, 0.15) is 15.8 Å². The summed E-state index contributed by atoms with van der Waals surface area (Å²) in [6.45, 7) is 5.43. The van der Waals surface area contributed by atoms with E-state index < -0.39 is 45.3 Å². The summed E-state index contributed by atoms with van der Waals surface area (Å²) in [4.78, 5) is 39.8. The summed E-state index contributed by atoms with van der Waals surface area (Å²) in [7, 11) is 0. The maximum Gasteiger partial charge on any atom is 0.247 e. The fourth-order valence-electron chi connectivity index (χ4n) is 6.38. The molecule has 1 heterocycles. The zero-order chi connectivity index (χ0) is 25.6. The van der Waals surface area contributed by atoms with E-state index in [0.717, 1.165) is 38.3 Å². The number of carbonyl (C=O) groups excluding carboxylic acids is 3. The van der Waals surface area contributed by atoms with E-state index in [1.54, 1.807) is 6.92 Å². The highest BCUT2D eigenvalue weighted by Gasteiger charge is 2.73. The third kappa shape index (κ3) is 2.76. The molecule has 182 valence electrons. The van der Waals surface area contributed by atoms with Crippen LogP contribution in [0.5, 0.6) is 0 Å². The van der Waals surface area contributed by atoms with Crippen molar-refractivity contribution in [3.63, 3.8) is 0 Å². The van der Waals surface area contributed by atoms with Gasteiger partial charge in [0.25, 0.3) is 0 Å². The summed E-state index contributed by atoms with van der Waals surface area (Å²) >= 11 is 14.9. The SMILES string of the molecule is Cc1ccc(NC(=O)[C@H](C)N2C(=O)[C@H]3[C@H](C2=O)C2(Cl)c4ccccc4C3(Cl)c3ccccc32)c(C)c1. The van der Waals surface area contributed by atoms with Crippen LogP contribution < -0.4 is 5.32 Å². The molecule has 3 aromatic rings. The Balaban J connectivity index is 1.44. The van der Waals surface area contributed by atoms with Crippen molar-refractivity contribution in [3.8, 4) is 0 Å². The quantitative estimate of drug-likeness (QED) is 0.381. The number of hydrogen-bond donors (Lipinski definition) is 1. The van der Waals surface area contributed by atoms with Crippen LogP contribution in [-0.4, -0.2) is 28.7 Å². The van der Waals surface area contributed by atoms with Crippen molar-refractivity contribution >= 4 is 46.6 Å². The van der Waals surface area contributed by atoms with Crippen molar-refractivity contribution < 1.29 is 14.4 Å². The number of alkyl halides is 2. The van der Waals surface area contributed by atoms with Gasteiger partial charge in [-0.3, -0.25) is 19.3 Å². The van der Waals surface area contributed by atoms with Gasteiger partial charge >= 0.3 is 0 Å². The van der Waals surface area contributed by atoms with Crippen molar-refractivity contribution in [2.75, 3.05) is 5.32 Å². The lowest BCUT2D eigenvalue weighted by Crippen LogP contribution is -2.57. The number of halogens is 2. The predicted octanol–water partition coefficient (Wildman–Crippen LogP) is 5.22. The Hall–Kier alpha value is -3.15. The summed E-state index contributed by atoms with van der Waals surface area (Å²) in [5, 5.41) is 2.88. The standard InChI is InChI=1S/C29H24Cl2N2O3/c1-15-12-13-22(16(2)14-15)32-25(34)17(3)33-26(35)23-24(27(33)36)29(31)19-9-5-4-8-18(19)28(23,30)20-10-6-7-11-21(20)29/h4-14,17,23-24H,1-3H3,(H,32,34)/t17-,23+,24+,28?,29?/m0/s1. The third-order valence-electron chi connectivity index (χ3n) is 8.03. The molecule has 0 saturated carbocycles. The highest BCUT2D eigenvalue weighted by atomic mass is 35.5. The largest absolute Gasteiger partial charge is 0.324 e. The number of carbonyl (C=O) groups is 3. The van der Waals surface area contributed by atoms with Gasteiger partial charge in [-0.25, -0.2) is 0 Å². The van der Waals surface area contributed by atoms with Gasteiger partial charge in [-0.05, 0) is 54.7 Å². The van der Waals surface area contributed by atoms with E-state index in [1.165, 1.54) is 0 Å². The Morgan fingerprint density at radius 2 is 1.28 bits per heavy atom. The molecule has 7 heteroatoms. The number of anilines is 1. The molecule has 0 aromatic heterocycles. The lowest BCUT2D eigenvalue weighted by atomic mass is 9.54. The van der Waals surface area contributed by atoms with Gasteiger partial charge in [0, 0.05) is 5.69 Å². The molecule has 2 bridgehead atoms. The molecule has 0 radical (unpaired) electrons. The number of nitrogens with one attached hydrogen (secondary N) is 1. The first-order valence-electron chi connectivity index (χ1n) is 11.9. The summed E-state index contributed by atoms with van der Waals surface area (Å²) < 4.78 is 0. The second kappa shape index (κ2) is 7.67. The number of amides is 3. The topological polar surface area (TPSA) is 66.5 Å². The van der Waals surface area contributed by atoms with Crippen molar-refractivity contribution in [2.24, 2.45) is 11.8 Å². The Kier molecular flexibility index (Phi) is 4.96. The zero-order valence-corrected chi connectivity index (χ0v) is 21.5. The lowest BCUT2D eigenvalue weighted by molar-refractivity contribution is -0.146. The van der Waals surface area contributed by atoms with Crippen molar-refractivity contribution in [1.29, 1.82) is 0 Å². The van der Waals surface area contributed by atoms with Crippen LogP contribution in [0.15, 0.2) is 66.7 Å².